The van der Waals surface area contributed by atoms with E-state index in [0.717, 1.165) is 29.7 Å². The molecule has 2 rings (SSSR count). The van der Waals surface area contributed by atoms with Gasteiger partial charge in [0.25, 0.3) is 0 Å². The van der Waals surface area contributed by atoms with Crippen LogP contribution in [0.4, 0.5) is 0 Å². The number of rotatable bonds is 4. The molecule has 1 fully saturated rings. The first-order valence-corrected chi connectivity index (χ1v) is 6.44. The van der Waals surface area contributed by atoms with E-state index in [1.54, 1.807) is 7.11 Å². The Morgan fingerprint density at radius 1 is 1.39 bits per heavy atom. The molecule has 3 nitrogen and oxygen atoms in total. The van der Waals surface area contributed by atoms with Gasteiger partial charge in [-0.2, -0.15) is 0 Å². The highest BCUT2D eigenvalue weighted by molar-refractivity contribution is 5.89. The molecule has 1 aliphatic carbocycles. The van der Waals surface area contributed by atoms with Crippen LogP contribution in [-0.2, 0) is 11.2 Å². The second-order valence-electron chi connectivity index (χ2n) is 5.15. The zero-order valence-corrected chi connectivity index (χ0v) is 11.0. The van der Waals surface area contributed by atoms with Gasteiger partial charge in [-0.25, -0.2) is 0 Å². The predicted octanol–water partition coefficient (Wildman–Crippen LogP) is 2.42. The predicted molar refractivity (Wildman–Crippen MR) is 69.9 cm³/mol. The van der Waals surface area contributed by atoms with Crippen molar-refractivity contribution in [2.75, 3.05) is 7.11 Å². The Morgan fingerprint density at radius 3 is 2.67 bits per heavy atom. The largest absolute Gasteiger partial charge is 0.496 e. The molecule has 0 saturated heterocycles. The van der Waals surface area contributed by atoms with Crippen molar-refractivity contribution in [2.45, 2.75) is 44.6 Å². The third kappa shape index (κ3) is 2.56. The first-order chi connectivity index (χ1) is 8.55. The first kappa shape index (κ1) is 13.1. The van der Waals surface area contributed by atoms with E-state index >= 15 is 0 Å². The Balaban J connectivity index is 2.18. The number of aryl methyl sites for hydroxylation is 1. The quantitative estimate of drug-likeness (QED) is 0.890. The van der Waals surface area contributed by atoms with Crippen molar-refractivity contribution in [1.29, 1.82) is 0 Å². The Morgan fingerprint density at radius 2 is 2.06 bits per heavy atom. The van der Waals surface area contributed by atoms with E-state index < -0.39 is 5.60 Å². The lowest BCUT2D eigenvalue weighted by atomic mass is 9.91. The van der Waals surface area contributed by atoms with Gasteiger partial charge in [0.05, 0.1) is 7.11 Å². The standard InChI is InChI=1S/C15H20O3/c1-11-5-6-13(18-2)12(9-11)10-14(16)15(17)7-3-4-8-15/h5-6,9,17H,3-4,7-8,10H2,1-2H3. The number of methoxy groups -OCH3 is 1. The smallest absolute Gasteiger partial charge is 0.168 e. The molecule has 0 atom stereocenters. The molecular formula is C15H20O3. The summed E-state index contributed by atoms with van der Waals surface area (Å²) in [6.07, 6.45) is 3.32. The molecule has 1 aliphatic rings. The number of hydrogen-bond donors (Lipinski definition) is 1. The van der Waals surface area contributed by atoms with Crippen molar-refractivity contribution in [3.05, 3.63) is 29.3 Å². The number of Topliss-reactive ketones (excluding diaryl/α,β-unsaturated/α-hetero) is 1. The average molecular weight is 248 g/mol. The molecule has 98 valence electrons. The van der Waals surface area contributed by atoms with Gasteiger partial charge in [-0.15, -0.1) is 0 Å². The molecule has 0 spiro atoms. The average Bonchev–Trinajstić information content (AvgIpc) is 2.78. The van der Waals surface area contributed by atoms with Crippen LogP contribution in [0.3, 0.4) is 0 Å². The summed E-state index contributed by atoms with van der Waals surface area (Å²) in [6.45, 7) is 1.98. The van der Waals surface area contributed by atoms with Crippen molar-refractivity contribution >= 4 is 5.78 Å². The second kappa shape index (κ2) is 5.11. The number of benzene rings is 1. The molecule has 0 amide bonds. The van der Waals surface area contributed by atoms with Crippen LogP contribution in [0, 0.1) is 6.92 Å². The van der Waals surface area contributed by atoms with Crippen LogP contribution in [0.25, 0.3) is 0 Å². The lowest BCUT2D eigenvalue weighted by Crippen LogP contribution is -2.36. The zero-order chi connectivity index (χ0) is 13.2. The first-order valence-electron chi connectivity index (χ1n) is 6.44. The summed E-state index contributed by atoms with van der Waals surface area (Å²) >= 11 is 0. The van der Waals surface area contributed by atoms with E-state index in [4.69, 9.17) is 4.74 Å². The summed E-state index contributed by atoms with van der Waals surface area (Å²) in [5.74, 6) is 0.638. The van der Waals surface area contributed by atoms with Crippen LogP contribution in [0.5, 0.6) is 5.75 Å². The van der Waals surface area contributed by atoms with E-state index in [1.165, 1.54) is 0 Å². The SMILES string of the molecule is COc1ccc(C)cc1CC(=O)C1(O)CCCC1. The van der Waals surface area contributed by atoms with Crippen LogP contribution in [-0.4, -0.2) is 23.6 Å². The third-order valence-electron chi connectivity index (χ3n) is 3.74. The minimum atomic E-state index is -1.10. The number of carbonyl (C=O) groups is 1. The van der Waals surface area contributed by atoms with Crippen molar-refractivity contribution < 1.29 is 14.6 Å². The fraction of sp³-hybridized carbons (Fsp3) is 0.533. The highest BCUT2D eigenvalue weighted by Gasteiger charge is 2.38. The summed E-state index contributed by atoms with van der Waals surface area (Å²) in [4.78, 5) is 12.2. The van der Waals surface area contributed by atoms with Crippen LogP contribution < -0.4 is 4.74 Å². The molecule has 1 saturated carbocycles. The normalized spacial score (nSPS) is 17.7. The maximum absolute atomic E-state index is 12.2. The molecule has 1 aromatic carbocycles. The fourth-order valence-corrected chi connectivity index (χ4v) is 2.62. The molecule has 18 heavy (non-hydrogen) atoms. The van der Waals surface area contributed by atoms with E-state index in [2.05, 4.69) is 0 Å². The van der Waals surface area contributed by atoms with Gasteiger partial charge in [0.2, 0.25) is 0 Å². The highest BCUT2D eigenvalue weighted by atomic mass is 16.5. The van der Waals surface area contributed by atoms with Crippen molar-refractivity contribution in [3.63, 3.8) is 0 Å². The zero-order valence-electron chi connectivity index (χ0n) is 11.0. The lowest BCUT2D eigenvalue weighted by molar-refractivity contribution is -0.136. The number of ether oxygens (including phenoxy) is 1. The Bertz CT molecular complexity index is 445. The summed E-state index contributed by atoms with van der Waals surface area (Å²) in [7, 11) is 1.60. The van der Waals surface area contributed by atoms with Crippen LogP contribution in [0.1, 0.15) is 36.8 Å². The molecule has 0 radical (unpaired) electrons. The Labute approximate surface area is 108 Å². The van der Waals surface area contributed by atoms with E-state index in [9.17, 15) is 9.90 Å². The van der Waals surface area contributed by atoms with Gasteiger partial charge in [-0.3, -0.25) is 4.79 Å². The summed E-state index contributed by atoms with van der Waals surface area (Å²) in [6, 6.07) is 5.78. The van der Waals surface area contributed by atoms with Crippen LogP contribution >= 0.6 is 0 Å². The molecule has 0 unspecified atom stereocenters. The van der Waals surface area contributed by atoms with E-state index in [-0.39, 0.29) is 12.2 Å². The highest BCUT2D eigenvalue weighted by Crippen LogP contribution is 2.32. The van der Waals surface area contributed by atoms with E-state index in [0.29, 0.717) is 12.8 Å². The van der Waals surface area contributed by atoms with Gasteiger partial charge in [0.1, 0.15) is 11.4 Å². The van der Waals surface area contributed by atoms with Crippen LogP contribution in [0.2, 0.25) is 0 Å². The van der Waals surface area contributed by atoms with Gasteiger partial charge in [-0.1, -0.05) is 17.7 Å². The summed E-state index contributed by atoms with van der Waals surface area (Å²) < 4.78 is 5.26. The van der Waals surface area contributed by atoms with Gasteiger partial charge < -0.3 is 9.84 Å². The second-order valence-corrected chi connectivity index (χ2v) is 5.15. The topological polar surface area (TPSA) is 46.5 Å². The molecule has 0 aromatic heterocycles. The van der Waals surface area contributed by atoms with Crippen LogP contribution in [0.15, 0.2) is 18.2 Å². The number of aliphatic hydroxyl groups is 1. The van der Waals surface area contributed by atoms with E-state index in [1.807, 2.05) is 25.1 Å². The third-order valence-corrected chi connectivity index (χ3v) is 3.74. The maximum Gasteiger partial charge on any atom is 0.168 e. The molecule has 0 bridgehead atoms. The minimum Gasteiger partial charge on any atom is -0.496 e. The molecule has 0 heterocycles. The monoisotopic (exact) mass is 248 g/mol. The van der Waals surface area contributed by atoms with Gasteiger partial charge in [-0.05, 0) is 38.7 Å². The Kier molecular flexibility index (Phi) is 3.71. The van der Waals surface area contributed by atoms with Gasteiger partial charge in [0.15, 0.2) is 5.78 Å². The number of hydrogen-bond acceptors (Lipinski definition) is 3. The maximum atomic E-state index is 12.2. The molecule has 0 aliphatic heterocycles. The number of ketones is 1. The number of carbonyl (C=O) groups excluding carboxylic acids is 1. The van der Waals surface area contributed by atoms with Crippen molar-refractivity contribution in [2.24, 2.45) is 0 Å². The fourth-order valence-electron chi connectivity index (χ4n) is 2.62. The molecule has 1 N–H and O–H groups in total. The summed E-state index contributed by atoms with van der Waals surface area (Å²) in [5, 5.41) is 10.3. The lowest BCUT2D eigenvalue weighted by Gasteiger charge is -2.21. The molecule has 3 heteroatoms. The Hall–Kier alpha value is -1.35. The van der Waals surface area contributed by atoms with Gasteiger partial charge in [0, 0.05) is 12.0 Å². The van der Waals surface area contributed by atoms with Crippen molar-refractivity contribution in [1.82, 2.24) is 0 Å². The van der Waals surface area contributed by atoms with Crippen molar-refractivity contribution in [3.8, 4) is 5.75 Å². The van der Waals surface area contributed by atoms with Gasteiger partial charge >= 0.3 is 0 Å². The molecular weight excluding hydrogens is 228 g/mol. The minimum absolute atomic E-state index is 0.0797. The molecule has 1 aromatic rings. The summed E-state index contributed by atoms with van der Waals surface area (Å²) in [5.41, 5.74) is 0.856.